The van der Waals surface area contributed by atoms with Crippen molar-refractivity contribution in [2.75, 3.05) is 26.4 Å². The fourth-order valence-corrected chi connectivity index (χ4v) is 11.4. The number of nitrogens with one attached hydrogen (secondary N) is 1. The first kappa shape index (κ1) is 73.0. The fourth-order valence-electron chi connectivity index (χ4n) is 11.4. The fraction of sp³-hybridized carbons (Fsp3) is 0.984. The monoisotopic (exact) mass is 1150 g/mol. The molecule has 1 amide bonds. The van der Waals surface area contributed by atoms with Crippen molar-refractivity contribution in [2.24, 2.45) is 0 Å². The van der Waals surface area contributed by atoms with Crippen molar-refractivity contribution < 1.29 is 89.4 Å². The highest BCUT2D eigenvalue weighted by molar-refractivity contribution is 5.76. The third-order valence-electron chi connectivity index (χ3n) is 16.7. The van der Waals surface area contributed by atoms with Crippen LogP contribution in [-0.2, 0) is 33.2 Å². The Kier molecular flexibility index (Phi) is 41.2. The molecule has 0 spiro atoms. The van der Waals surface area contributed by atoms with Gasteiger partial charge in [-0.1, -0.05) is 232 Å². The second-order valence-corrected chi connectivity index (χ2v) is 23.6. The van der Waals surface area contributed by atoms with E-state index < -0.39 is 124 Å². The third kappa shape index (κ3) is 28.3. The van der Waals surface area contributed by atoms with Crippen LogP contribution in [0.1, 0.15) is 251 Å². The molecule has 19 nitrogen and oxygen atoms in total. The van der Waals surface area contributed by atoms with E-state index in [4.69, 9.17) is 28.4 Å². The zero-order valence-electron chi connectivity index (χ0n) is 49.6. The number of rotatable bonds is 49. The smallest absolute Gasteiger partial charge is 0.220 e. The topological polar surface area (TPSA) is 307 Å². The summed E-state index contributed by atoms with van der Waals surface area (Å²) in [7, 11) is 0. The lowest BCUT2D eigenvalue weighted by Gasteiger charge is -2.48. The molecule has 17 atom stereocenters. The van der Waals surface area contributed by atoms with Gasteiger partial charge in [0.1, 0.15) is 73.2 Å². The predicted molar refractivity (Wildman–Crippen MR) is 305 cm³/mol. The highest BCUT2D eigenvalue weighted by atomic mass is 16.8. The van der Waals surface area contributed by atoms with Crippen molar-refractivity contribution in [3.8, 4) is 0 Å². The van der Waals surface area contributed by atoms with Crippen molar-refractivity contribution in [2.45, 2.75) is 356 Å². The van der Waals surface area contributed by atoms with Crippen molar-refractivity contribution in [1.82, 2.24) is 5.32 Å². The maximum atomic E-state index is 13.2. The first-order chi connectivity index (χ1) is 38.8. The average molecular weight is 1150 g/mol. The second kappa shape index (κ2) is 45.2. The molecule has 0 bridgehead atoms. The minimum Gasteiger partial charge on any atom is -0.394 e. The number of carbonyl (C=O) groups excluding carboxylic acids is 1. The highest BCUT2D eigenvalue weighted by Crippen LogP contribution is 2.33. The van der Waals surface area contributed by atoms with Crippen LogP contribution in [0.15, 0.2) is 0 Å². The average Bonchev–Trinajstić information content (AvgIpc) is 3.55. The van der Waals surface area contributed by atoms with E-state index in [1.807, 2.05) is 0 Å². The van der Waals surface area contributed by atoms with Gasteiger partial charge >= 0.3 is 0 Å². The SMILES string of the molecule is CCCCCCCCCCCCCCCCCCCCCCCCCCCCCCC(O)C(COC1OC(CO)C(OC2OC(CO)C(OC3OC(CO)C(O)C(O)C3O)C(O)C2O)C(O)C1O)NC(=O)CCCCCCCCC. The lowest BCUT2D eigenvalue weighted by atomic mass is 9.96. The number of aliphatic hydroxyl groups is 11. The van der Waals surface area contributed by atoms with Crippen LogP contribution in [0.4, 0.5) is 0 Å². The van der Waals surface area contributed by atoms with E-state index in [0.29, 0.717) is 12.8 Å². The molecule has 0 aliphatic carbocycles. The molecule has 3 aliphatic heterocycles. The summed E-state index contributed by atoms with van der Waals surface area (Å²) in [6.07, 6.45) is 18.2. The number of unbranched alkanes of at least 4 members (excludes halogenated alkanes) is 33. The molecule has 0 aromatic heterocycles. The van der Waals surface area contributed by atoms with Crippen molar-refractivity contribution in [3.63, 3.8) is 0 Å². The molecule has 80 heavy (non-hydrogen) atoms. The van der Waals surface area contributed by atoms with E-state index in [9.17, 15) is 61.0 Å². The van der Waals surface area contributed by atoms with Gasteiger partial charge in [-0.3, -0.25) is 4.79 Å². The van der Waals surface area contributed by atoms with Crippen LogP contribution < -0.4 is 5.32 Å². The van der Waals surface area contributed by atoms with Crippen LogP contribution in [0.2, 0.25) is 0 Å². The molecule has 0 aromatic rings. The lowest BCUT2D eigenvalue weighted by Crippen LogP contribution is -2.66. The Labute approximate surface area is 481 Å². The molecule has 0 radical (unpaired) electrons. The zero-order valence-corrected chi connectivity index (χ0v) is 49.6. The largest absolute Gasteiger partial charge is 0.394 e. The molecule has 0 saturated carbocycles. The van der Waals surface area contributed by atoms with Crippen LogP contribution in [0.3, 0.4) is 0 Å². The van der Waals surface area contributed by atoms with Gasteiger partial charge in [0.05, 0.1) is 38.6 Å². The molecule has 3 rings (SSSR count). The molecular weight excluding hydrogens is 1030 g/mol. The number of amides is 1. The normalized spacial score (nSPS) is 29.9. The number of hydrogen-bond donors (Lipinski definition) is 12. The third-order valence-corrected chi connectivity index (χ3v) is 16.7. The molecule has 0 aromatic carbocycles. The molecule has 12 N–H and O–H groups in total. The minimum atomic E-state index is -1.97. The Bertz CT molecular complexity index is 1470. The summed E-state index contributed by atoms with van der Waals surface area (Å²) in [5.74, 6) is -0.247. The molecule has 3 fully saturated rings. The standard InChI is InChI=1S/C61H117NO18/c1-3-5-7-9-11-12-13-14-15-16-17-18-19-20-21-22-23-24-25-26-27-28-29-30-31-33-34-36-38-45(66)44(62-49(67)39-37-35-32-10-8-6-4-2)43-75-59-55(73)52(70)57(47(41-64)77-59)80-61-56(74)53(71)58(48(42-65)78-61)79-60-54(72)51(69)50(68)46(40-63)76-60/h44-48,50-61,63-66,68-74H,3-43H2,1-2H3,(H,62,67). The second-order valence-electron chi connectivity index (χ2n) is 23.6. The Morgan fingerprint density at radius 1 is 0.400 bits per heavy atom. The van der Waals surface area contributed by atoms with Gasteiger partial charge in [0.25, 0.3) is 0 Å². The predicted octanol–water partition coefficient (Wildman–Crippen LogP) is 6.77. The van der Waals surface area contributed by atoms with Gasteiger partial charge in [-0.2, -0.15) is 0 Å². The molecule has 3 heterocycles. The first-order valence-electron chi connectivity index (χ1n) is 32.3. The maximum Gasteiger partial charge on any atom is 0.220 e. The highest BCUT2D eigenvalue weighted by Gasteiger charge is 2.53. The van der Waals surface area contributed by atoms with Crippen molar-refractivity contribution in [1.29, 1.82) is 0 Å². The lowest BCUT2D eigenvalue weighted by molar-refractivity contribution is -0.379. The van der Waals surface area contributed by atoms with Gasteiger partial charge in [0.15, 0.2) is 18.9 Å². The van der Waals surface area contributed by atoms with E-state index >= 15 is 0 Å². The summed E-state index contributed by atoms with van der Waals surface area (Å²) < 4.78 is 34.3. The Balaban J connectivity index is 1.36. The van der Waals surface area contributed by atoms with E-state index in [-0.39, 0.29) is 18.9 Å². The Hall–Kier alpha value is -1.21. The summed E-state index contributed by atoms with van der Waals surface area (Å²) >= 11 is 0. The molecule has 3 aliphatic rings. The van der Waals surface area contributed by atoms with E-state index in [2.05, 4.69) is 19.2 Å². The van der Waals surface area contributed by atoms with Crippen LogP contribution in [0, 0.1) is 0 Å². The minimum absolute atomic E-state index is 0.247. The Morgan fingerprint density at radius 2 is 0.713 bits per heavy atom. The van der Waals surface area contributed by atoms with Gasteiger partial charge in [0, 0.05) is 6.42 Å². The van der Waals surface area contributed by atoms with Gasteiger partial charge in [-0.25, -0.2) is 0 Å². The number of carbonyl (C=O) groups is 1. The van der Waals surface area contributed by atoms with Gasteiger partial charge in [-0.05, 0) is 12.8 Å². The quantitative estimate of drug-likeness (QED) is 0.0280. The molecule has 474 valence electrons. The maximum absolute atomic E-state index is 13.2. The van der Waals surface area contributed by atoms with E-state index in [0.717, 1.165) is 51.4 Å². The van der Waals surface area contributed by atoms with Gasteiger partial charge in [-0.15, -0.1) is 0 Å². The summed E-state index contributed by atoms with van der Waals surface area (Å²) in [4.78, 5) is 13.2. The van der Waals surface area contributed by atoms with Crippen LogP contribution in [0.25, 0.3) is 0 Å². The number of aliphatic hydroxyl groups excluding tert-OH is 11. The van der Waals surface area contributed by atoms with Crippen molar-refractivity contribution in [3.05, 3.63) is 0 Å². The van der Waals surface area contributed by atoms with Crippen LogP contribution in [0.5, 0.6) is 0 Å². The zero-order chi connectivity index (χ0) is 58.3. The number of ether oxygens (including phenoxy) is 6. The van der Waals surface area contributed by atoms with Gasteiger partial charge in [0.2, 0.25) is 5.91 Å². The number of hydrogen-bond acceptors (Lipinski definition) is 18. The Morgan fingerprint density at radius 3 is 1.09 bits per heavy atom. The van der Waals surface area contributed by atoms with Crippen molar-refractivity contribution >= 4 is 5.91 Å². The van der Waals surface area contributed by atoms with E-state index in [1.54, 1.807) is 0 Å². The van der Waals surface area contributed by atoms with Crippen LogP contribution in [-0.4, -0.2) is 193 Å². The van der Waals surface area contributed by atoms with Gasteiger partial charge < -0.3 is 89.9 Å². The molecule has 19 heteroatoms. The first-order valence-corrected chi connectivity index (χ1v) is 32.3. The summed E-state index contributed by atoms with van der Waals surface area (Å²) in [5, 5.41) is 120. The summed E-state index contributed by atoms with van der Waals surface area (Å²) in [6, 6.07) is -0.878. The molecular formula is C61H117NO18. The molecule has 3 saturated heterocycles. The summed E-state index contributed by atoms with van der Waals surface area (Å²) in [6.45, 7) is 1.76. The molecule has 17 unspecified atom stereocenters. The summed E-state index contributed by atoms with van der Waals surface area (Å²) in [5.41, 5.74) is 0. The van der Waals surface area contributed by atoms with Crippen LogP contribution >= 0.6 is 0 Å². The van der Waals surface area contributed by atoms with E-state index in [1.165, 1.54) is 167 Å².